The Hall–Kier alpha value is -0.860. The van der Waals surface area contributed by atoms with Crippen LogP contribution in [0.3, 0.4) is 0 Å². The van der Waals surface area contributed by atoms with Crippen LogP contribution in [0.5, 0.6) is 0 Å². The van der Waals surface area contributed by atoms with Gasteiger partial charge >= 0.3 is 5.97 Å². The lowest BCUT2D eigenvalue weighted by atomic mass is 9.98. The molecule has 0 bridgehead atoms. The minimum Gasteiger partial charge on any atom is -0.464 e. The van der Waals surface area contributed by atoms with E-state index in [4.69, 9.17) is 4.74 Å². The average Bonchev–Trinajstić information content (AvgIpc) is 2.00. The highest BCUT2D eigenvalue weighted by atomic mass is 16.5. The Balaban J connectivity index is 3.83. The third-order valence-corrected chi connectivity index (χ3v) is 1.38. The smallest absolute Gasteiger partial charge is 0.308 e. The van der Waals surface area contributed by atoms with Crippen LogP contribution in [0.1, 0.15) is 27.7 Å². The van der Waals surface area contributed by atoms with Gasteiger partial charge in [0, 0.05) is 0 Å². The lowest BCUT2D eigenvalue weighted by Crippen LogP contribution is -2.24. The van der Waals surface area contributed by atoms with Crippen molar-refractivity contribution in [3.05, 3.63) is 0 Å². The SMILES string of the molecule is CC(C)C(=O)OCC(C)(C)C=O. The molecule has 0 spiro atoms. The van der Waals surface area contributed by atoms with Crippen molar-refractivity contribution in [1.82, 2.24) is 0 Å². The summed E-state index contributed by atoms with van der Waals surface area (Å²) in [7, 11) is 0. The van der Waals surface area contributed by atoms with E-state index in [2.05, 4.69) is 0 Å². The number of hydrogen-bond donors (Lipinski definition) is 0. The van der Waals surface area contributed by atoms with E-state index in [0.717, 1.165) is 6.29 Å². The monoisotopic (exact) mass is 172 g/mol. The van der Waals surface area contributed by atoms with Gasteiger partial charge < -0.3 is 9.53 Å². The number of ether oxygens (including phenoxy) is 1. The first-order valence-corrected chi connectivity index (χ1v) is 4.02. The molecule has 0 aromatic rings. The largest absolute Gasteiger partial charge is 0.464 e. The summed E-state index contributed by atoms with van der Waals surface area (Å²) in [5.74, 6) is -0.391. The van der Waals surface area contributed by atoms with Gasteiger partial charge in [0.15, 0.2) is 0 Å². The van der Waals surface area contributed by atoms with Crippen LogP contribution in [0, 0.1) is 11.3 Å². The summed E-state index contributed by atoms with van der Waals surface area (Å²) >= 11 is 0. The zero-order chi connectivity index (χ0) is 9.78. The van der Waals surface area contributed by atoms with E-state index in [0.29, 0.717) is 0 Å². The number of carbonyl (C=O) groups excluding carboxylic acids is 2. The van der Waals surface area contributed by atoms with Crippen molar-refractivity contribution in [2.24, 2.45) is 11.3 Å². The van der Waals surface area contributed by atoms with Gasteiger partial charge in [0.25, 0.3) is 0 Å². The van der Waals surface area contributed by atoms with Crippen LogP contribution >= 0.6 is 0 Å². The van der Waals surface area contributed by atoms with Crippen LogP contribution in [0.4, 0.5) is 0 Å². The molecule has 0 aromatic heterocycles. The molecule has 0 saturated carbocycles. The predicted molar refractivity (Wildman–Crippen MR) is 45.6 cm³/mol. The Bertz CT molecular complexity index is 171. The molecule has 0 radical (unpaired) electrons. The minimum absolute atomic E-state index is 0.132. The second kappa shape index (κ2) is 4.24. The molecular weight excluding hydrogens is 156 g/mol. The molecule has 0 unspecified atom stereocenters. The van der Waals surface area contributed by atoms with E-state index < -0.39 is 5.41 Å². The van der Waals surface area contributed by atoms with E-state index in [1.54, 1.807) is 27.7 Å². The summed E-state index contributed by atoms with van der Waals surface area (Å²) in [6, 6.07) is 0. The highest BCUT2D eigenvalue weighted by Crippen LogP contribution is 2.12. The van der Waals surface area contributed by atoms with Crippen LogP contribution in [-0.4, -0.2) is 18.9 Å². The standard InChI is InChI=1S/C9H16O3/c1-7(2)8(11)12-6-9(3,4)5-10/h5,7H,6H2,1-4H3. The van der Waals surface area contributed by atoms with Crippen LogP contribution in [0.25, 0.3) is 0 Å². The summed E-state index contributed by atoms with van der Waals surface area (Å²) in [6.45, 7) is 7.14. The summed E-state index contributed by atoms with van der Waals surface area (Å²) in [6.07, 6.45) is 0.792. The molecule has 70 valence electrons. The number of aldehydes is 1. The van der Waals surface area contributed by atoms with Crippen molar-refractivity contribution in [3.63, 3.8) is 0 Å². The Morgan fingerprint density at radius 2 is 2.00 bits per heavy atom. The van der Waals surface area contributed by atoms with Gasteiger partial charge in [0.1, 0.15) is 12.9 Å². The molecule has 0 atom stereocenters. The number of rotatable bonds is 4. The maximum atomic E-state index is 11.0. The average molecular weight is 172 g/mol. The van der Waals surface area contributed by atoms with E-state index in [9.17, 15) is 9.59 Å². The van der Waals surface area contributed by atoms with Crippen LogP contribution in [0.2, 0.25) is 0 Å². The lowest BCUT2D eigenvalue weighted by molar-refractivity contribution is -0.150. The Labute approximate surface area is 73.1 Å². The highest BCUT2D eigenvalue weighted by Gasteiger charge is 2.19. The fourth-order valence-electron chi connectivity index (χ4n) is 0.458. The zero-order valence-corrected chi connectivity index (χ0v) is 8.09. The molecule has 0 saturated heterocycles. The number of carbonyl (C=O) groups is 2. The molecule has 0 aromatic carbocycles. The molecule has 0 aliphatic carbocycles. The van der Waals surface area contributed by atoms with Crippen molar-refractivity contribution in [1.29, 1.82) is 0 Å². The van der Waals surface area contributed by atoms with Gasteiger partial charge in [0.05, 0.1) is 11.3 Å². The molecule has 3 heteroatoms. The first-order valence-electron chi connectivity index (χ1n) is 4.02. The molecule has 0 N–H and O–H groups in total. The molecular formula is C9H16O3. The second-order valence-electron chi connectivity index (χ2n) is 3.87. The molecule has 12 heavy (non-hydrogen) atoms. The predicted octanol–water partition coefficient (Wildman–Crippen LogP) is 1.41. The molecule has 0 aliphatic heterocycles. The van der Waals surface area contributed by atoms with Crippen LogP contribution < -0.4 is 0 Å². The van der Waals surface area contributed by atoms with Crippen molar-refractivity contribution < 1.29 is 14.3 Å². The van der Waals surface area contributed by atoms with Crippen LogP contribution in [0.15, 0.2) is 0 Å². The molecule has 0 rings (SSSR count). The van der Waals surface area contributed by atoms with Gasteiger partial charge in [-0.05, 0) is 13.8 Å². The fourth-order valence-corrected chi connectivity index (χ4v) is 0.458. The third kappa shape index (κ3) is 4.11. The zero-order valence-electron chi connectivity index (χ0n) is 8.09. The quantitative estimate of drug-likeness (QED) is 0.475. The molecule has 0 fully saturated rings. The molecule has 0 aliphatic rings. The first kappa shape index (κ1) is 11.1. The van der Waals surface area contributed by atoms with Gasteiger partial charge in [-0.3, -0.25) is 4.79 Å². The minimum atomic E-state index is -0.565. The Morgan fingerprint density at radius 3 is 2.33 bits per heavy atom. The van der Waals surface area contributed by atoms with Crippen molar-refractivity contribution in [3.8, 4) is 0 Å². The van der Waals surface area contributed by atoms with Gasteiger partial charge in [-0.2, -0.15) is 0 Å². The lowest BCUT2D eigenvalue weighted by Gasteiger charge is -2.17. The first-order chi connectivity index (χ1) is 5.39. The van der Waals surface area contributed by atoms with E-state index in [1.807, 2.05) is 0 Å². The summed E-state index contributed by atoms with van der Waals surface area (Å²) < 4.78 is 4.89. The molecule has 0 heterocycles. The van der Waals surface area contributed by atoms with Gasteiger partial charge in [-0.15, -0.1) is 0 Å². The van der Waals surface area contributed by atoms with Crippen LogP contribution in [-0.2, 0) is 14.3 Å². The van der Waals surface area contributed by atoms with Gasteiger partial charge in [-0.25, -0.2) is 0 Å². The topological polar surface area (TPSA) is 43.4 Å². The number of hydrogen-bond acceptors (Lipinski definition) is 3. The van der Waals surface area contributed by atoms with Gasteiger partial charge in [0.2, 0.25) is 0 Å². The van der Waals surface area contributed by atoms with E-state index in [-0.39, 0.29) is 18.5 Å². The molecule has 0 amide bonds. The van der Waals surface area contributed by atoms with Crippen molar-refractivity contribution >= 4 is 12.3 Å². The summed E-state index contributed by atoms with van der Waals surface area (Å²) in [5, 5.41) is 0. The maximum Gasteiger partial charge on any atom is 0.308 e. The normalized spacial score (nSPS) is 11.4. The Morgan fingerprint density at radius 1 is 1.50 bits per heavy atom. The van der Waals surface area contributed by atoms with E-state index in [1.165, 1.54) is 0 Å². The van der Waals surface area contributed by atoms with Gasteiger partial charge in [-0.1, -0.05) is 13.8 Å². The number of esters is 1. The highest BCUT2D eigenvalue weighted by molar-refractivity contribution is 5.72. The van der Waals surface area contributed by atoms with Crippen molar-refractivity contribution in [2.45, 2.75) is 27.7 Å². The Kier molecular flexibility index (Phi) is 3.93. The van der Waals surface area contributed by atoms with Crippen molar-refractivity contribution in [2.75, 3.05) is 6.61 Å². The summed E-state index contributed by atoms with van der Waals surface area (Å²) in [4.78, 5) is 21.4. The maximum absolute atomic E-state index is 11.0. The fraction of sp³-hybridized carbons (Fsp3) is 0.778. The third-order valence-electron chi connectivity index (χ3n) is 1.38. The van der Waals surface area contributed by atoms with E-state index >= 15 is 0 Å². The molecule has 3 nitrogen and oxygen atoms in total. The summed E-state index contributed by atoms with van der Waals surface area (Å²) in [5.41, 5.74) is -0.565. The second-order valence-corrected chi connectivity index (χ2v) is 3.87.